The van der Waals surface area contributed by atoms with Crippen molar-refractivity contribution in [3.05, 3.63) is 48.0 Å². The van der Waals surface area contributed by atoms with Gasteiger partial charge in [-0.1, -0.05) is 25.0 Å². The molecule has 2 nitrogen and oxygen atoms in total. The Morgan fingerprint density at radius 3 is 2.60 bits per heavy atom. The Hall–Kier alpha value is -1.32. The summed E-state index contributed by atoms with van der Waals surface area (Å²) in [4.78, 5) is 0. The normalized spacial score (nSPS) is 15.2. The van der Waals surface area contributed by atoms with Crippen LogP contribution in [0.1, 0.15) is 31.4 Å². The first-order valence-electron chi connectivity index (χ1n) is 6.90. The Kier molecular flexibility index (Phi) is 5.21. The van der Waals surface area contributed by atoms with Gasteiger partial charge in [-0.3, -0.25) is 0 Å². The first-order chi connectivity index (χ1) is 9.33. The molecule has 0 bridgehead atoms. The van der Waals surface area contributed by atoms with E-state index in [-0.39, 0.29) is 18.2 Å². The molecule has 1 N–H and O–H groups in total. The van der Waals surface area contributed by atoms with E-state index in [1.54, 1.807) is 12.1 Å². The molecule has 3 rings (SSSR count). The standard InChI is InChI=1S/C16H18FNO.ClH/c17-15-8-4-3-7-14(15)16-10-9-13(19-16)11-18-12-5-1-2-6-12;/h3-4,7-10,12,18H,1-2,5-6,11H2;1H. The Labute approximate surface area is 124 Å². The van der Waals surface area contributed by atoms with Gasteiger partial charge in [0, 0.05) is 6.04 Å². The fourth-order valence-corrected chi connectivity index (χ4v) is 2.65. The lowest BCUT2D eigenvalue weighted by molar-refractivity contribution is 0.451. The van der Waals surface area contributed by atoms with Crippen LogP contribution in [-0.4, -0.2) is 6.04 Å². The molecule has 0 aliphatic heterocycles. The van der Waals surface area contributed by atoms with Gasteiger partial charge in [0.05, 0.1) is 12.1 Å². The molecule has 1 saturated carbocycles. The highest BCUT2D eigenvalue weighted by Crippen LogP contribution is 2.25. The zero-order valence-corrected chi connectivity index (χ0v) is 12.1. The third-order valence-electron chi connectivity index (χ3n) is 3.72. The number of rotatable bonds is 4. The predicted octanol–water partition coefficient (Wildman–Crippen LogP) is 4.54. The van der Waals surface area contributed by atoms with Gasteiger partial charge >= 0.3 is 0 Å². The maximum Gasteiger partial charge on any atom is 0.137 e. The third-order valence-corrected chi connectivity index (χ3v) is 3.72. The largest absolute Gasteiger partial charge is 0.460 e. The van der Waals surface area contributed by atoms with Gasteiger partial charge in [0.1, 0.15) is 17.3 Å². The van der Waals surface area contributed by atoms with Gasteiger partial charge in [-0.15, -0.1) is 12.4 Å². The van der Waals surface area contributed by atoms with Crippen molar-refractivity contribution in [3.63, 3.8) is 0 Å². The molecule has 1 fully saturated rings. The molecule has 1 aromatic heterocycles. The molecule has 1 aromatic carbocycles. The highest BCUT2D eigenvalue weighted by atomic mass is 35.5. The van der Waals surface area contributed by atoms with Crippen molar-refractivity contribution in [2.75, 3.05) is 0 Å². The molecular weight excluding hydrogens is 277 g/mol. The predicted molar refractivity (Wildman–Crippen MR) is 80.4 cm³/mol. The number of hydrogen-bond donors (Lipinski definition) is 1. The first-order valence-corrected chi connectivity index (χ1v) is 6.90. The second-order valence-electron chi connectivity index (χ2n) is 5.11. The molecule has 20 heavy (non-hydrogen) atoms. The van der Waals surface area contributed by atoms with Gasteiger partial charge in [0.15, 0.2) is 0 Å². The van der Waals surface area contributed by atoms with E-state index in [0.717, 1.165) is 12.3 Å². The second-order valence-corrected chi connectivity index (χ2v) is 5.11. The summed E-state index contributed by atoms with van der Waals surface area (Å²) >= 11 is 0. The molecular formula is C16H19ClFNO. The van der Waals surface area contributed by atoms with E-state index < -0.39 is 0 Å². The van der Waals surface area contributed by atoms with E-state index in [9.17, 15) is 4.39 Å². The Bertz CT molecular complexity index is 549. The Morgan fingerprint density at radius 1 is 1.10 bits per heavy atom. The van der Waals surface area contributed by atoms with Crippen LogP contribution in [0.15, 0.2) is 40.8 Å². The van der Waals surface area contributed by atoms with Gasteiger partial charge < -0.3 is 9.73 Å². The average molecular weight is 296 g/mol. The molecule has 0 amide bonds. The van der Waals surface area contributed by atoms with Crippen molar-refractivity contribution in [2.24, 2.45) is 0 Å². The van der Waals surface area contributed by atoms with E-state index in [1.165, 1.54) is 31.7 Å². The second kappa shape index (κ2) is 6.91. The zero-order valence-electron chi connectivity index (χ0n) is 11.3. The van der Waals surface area contributed by atoms with Crippen LogP contribution < -0.4 is 5.32 Å². The highest BCUT2D eigenvalue weighted by molar-refractivity contribution is 5.85. The SMILES string of the molecule is Cl.Fc1ccccc1-c1ccc(CNC2CCCC2)o1. The number of benzene rings is 1. The number of halogens is 2. The molecule has 0 saturated heterocycles. The third kappa shape index (κ3) is 3.41. The molecule has 108 valence electrons. The number of nitrogens with one attached hydrogen (secondary N) is 1. The quantitative estimate of drug-likeness (QED) is 0.896. The van der Waals surface area contributed by atoms with Crippen LogP contribution in [0.25, 0.3) is 11.3 Å². The van der Waals surface area contributed by atoms with Crippen molar-refractivity contribution in [2.45, 2.75) is 38.3 Å². The number of hydrogen-bond acceptors (Lipinski definition) is 2. The highest BCUT2D eigenvalue weighted by Gasteiger charge is 2.15. The van der Waals surface area contributed by atoms with Gasteiger partial charge in [0.2, 0.25) is 0 Å². The molecule has 0 unspecified atom stereocenters. The van der Waals surface area contributed by atoms with E-state index in [4.69, 9.17) is 4.42 Å². The number of furan rings is 1. The van der Waals surface area contributed by atoms with E-state index in [0.29, 0.717) is 17.4 Å². The average Bonchev–Trinajstić information content (AvgIpc) is 3.08. The van der Waals surface area contributed by atoms with Crippen molar-refractivity contribution < 1.29 is 8.81 Å². The van der Waals surface area contributed by atoms with Gasteiger partial charge in [0.25, 0.3) is 0 Å². The van der Waals surface area contributed by atoms with E-state index in [1.807, 2.05) is 18.2 Å². The van der Waals surface area contributed by atoms with Crippen LogP contribution in [-0.2, 0) is 6.54 Å². The minimum Gasteiger partial charge on any atom is -0.460 e. The molecule has 0 radical (unpaired) electrons. The summed E-state index contributed by atoms with van der Waals surface area (Å²) < 4.78 is 19.3. The van der Waals surface area contributed by atoms with Crippen LogP contribution in [0.5, 0.6) is 0 Å². The molecule has 4 heteroatoms. The monoisotopic (exact) mass is 295 g/mol. The van der Waals surface area contributed by atoms with Gasteiger partial charge in [-0.25, -0.2) is 4.39 Å². The topological polar surface area (TPSA) is 25.2 Å². The molecule has 0 spiro atoms. The zero-order chi connectivity index (χ0) is 13.1. The Balaban J connectivity index is 0.00000147. The van der Waals surface area contributed by atoms with Crippen LogP contribution in [0.4, 0.5) is 4.39 Å². The summed E-state index contributed by atoms with van der Waals surface area (Å²) in [5.74, 6) is 1.22. The lowest BCUT2D eigenvalue weighted by Crippen LogP contribution is -2.24. The molecule has 1 aliphatic carbocycles. The fraction of sp³-hybridized carbons (Fsp3) is 0.375. The maximum atomic E-state index is 13.6. The van der Waals surface area contributed by atoms with Crippen LogP contribution >= 0.6 is 12.4 Å². The van der Waals surface area contributed by atoms with Gasteiger partial charge in [-0.05, 0) is 37.1 Å². The molecule has 0 atom stereocenters. The summed E-state index contributed by atoms with van der Waals surface area (Å²) in [6, 6.07) is 11.1. The maximum absolute atomic E-state index is 13.6. The van der Waals surface area contributed by atoms with Crippen molar-refractivity contribution in [1.29, 1.82) is 0 Å². The molecule has 2 aromatic rings. The summed E-state index contributed by atoms with van der Waals surface area (Å²) in [6.07, 6.45) is 5.13. The molecule has 1 heterocycles. The first kappa shape index (κ1) is 15.1. The Morgan fingerprint density at radius 2 is 1.85 bits per heavy atom. The lowest BCUT2D eigenvalue weighted by atomic mass is 10.1. The van der Waals surface area contributed by atoms with Crippen LogP contribution in [0, 0.1) is 5.82 Å². The summed E-state index contributed by atoms with van der Waals surface area (Å²) in [6.45, 7) is 0.721. The molecule has 1 aliphatic rings. The lowest BCUT2D eigenvalue weighted by Gasteiger charge is -2.09. The van der Waals surface area contributed by atoms with Crippen LogP contribution in [0.3, 0.4) is 0 Å². The van der Waals surface area contributed by atoms with Crippen LogP contribution in [0.2, 0.25) is 0 Å². The fourth-order valence-electron chi connectivity index (χ4n) is 2.65. The van der Waals surface area contributed by atoms with Crippen molar-refractivity contribution in [3.8, 4) is 11.3 Å². The van der Waals surface area contributed by atoms with E-state index >= 15 is 0 Å². The van der Waals surface area contributed by atoms with E-state index in [2.05, 4.69) is 5.32 Å². The summed E-state index contributed by atoms with van der Waals surface area (Å²) in [5, 5.41) is 3.49. The van der Waals surface area contributed by atoms with Crippen molar-refractivity contribution in [1.82, 2.24) is 5.32 Å². The minimum absolute atomic E-state index is 0. The van der Waals surface area contributed by atoms with Gasteiger partial charge in [-0.2, -0.15) is 0 Å². The summed E-state index contributed by atoms with van der Waals surface area (Å²) in [5.41, 5.74) is 0.523. The van der Waals surface area contributed by atoms with Crippen molar-refractivity contribution >= 4 is 12.4 Å². The summed E-state index contributed by atoms with van der Waals surface area (Å²) in [7, 11) is 0. The minimum atomic E-state index is -0.243. The smallest absolute Gasteiger partial charge is 0.137 e.